The summed E-state index contributed by atoms with van der Waals surface area (Å²) in [5.41, 5.74) is 2.69. The number of benzene rings is 2. The second kappa shape index (κ2) is 14.8. The highest BCUT2D eigenvalue weighted by molar-refractivity contribution is 5.94. The third kappa shape index (κ3) is 8.19. The second-order valence-electron chi connectivity index (χ2n) is 11.1. The number of allylic oxidation sites excluding steroid dienone is 1. The van der Waals surface area contributed by atoms with Gasteiger partial charge in [-0.2, -0.15) is 0 Å². The molecule has 0 spiro atoms. The van der Waals surface area contributed by atoms with Crippen LogP contribution in [0.1, 0.15) is 67.4 Å². The third-order valence-corrected chi connectivity index (χ3v) is 8.29. The first kappa shape index (κ1) is 30.3. The number of nitrogens with one attached hydrogen (secondary N) is 1. The van der Waals surface area contributed by atoms with E-state index in [0.717, 1.165) is 62.9 Å². The molecule has 220 valence electrons. The average molecular weight is 561 g/mol. The molecular weight excluding hydrogens is 516 g/mol. The van der Waals surface area contributed by atoms with Gasteiger partial charge in [-0.25, -0.2) is 0 Å². The summed E-state index contributed by atoms with van der Waals surface area (Å²) < 4.78 is 5.16. The Balaban J connectivity index is 1.37. The fourth-order valence-corrected chi connectivity index (χ4v) is 5.69. The number of amides is 2. The van der Waals surface area contributed by atoms with Crippen molar-refractivity contribution in [3.05, 3.63) is 71.4 Å². The summed E-state index contributed by atoms with van der Waals surface area (Å²) in [5.74, 6) is 0.993. The first-order valence-corrected chi connectivity index (χ1v) is 14.9. The molecule has 2 aromatic carbocycles. The largest absolute Gasteiger partial charge is 0.504 e. The summed E-state index contributed by atoms with van der Waals surface area (Å²) >= 11 is 0. The Hall–Kier alpha value is -3.65. The average Bonchev–Trinajstić information content (AvgIpc) is 3.00. The number of likely N-dealkylation sites (tertiary alicyclic amines) is 1. The van der Waals surface area contributed by atoms with Gasteiger partial charge in [-0.05, 0) is 67.5 Å². The van der Waals surface area contributed by atoms with Crippen LogP contribution in [0.3, 0.4) is 0 Å². The van der Waals surface area contributed by atoms with Crippen molar-refractivity contribution in [2.75, 3.05) is 26.7 Å². The van der Waals surface area contributed by atoms with Crippen LogP contribution in [-0.2, 0) is 17.9 Å². The molecule has 1 saturated heterocycles. The van der Waals surface area contributed by atoms with E-state index < -0.39 is 0 Å². The van der Waals surface area contributed by atoms with Crippen LogP contribution in [0.25, 0.3) is 0 Å². The maximum atomic E-state index is 13.7. The smallest absolute Gasteiger partial charge is 0.251 e. The van der Waals surface area contributed by atoms with Crippen LogP contribution < -0.4 is 10.1 Å². The molecule has 4 rings (SSSR count). The fourth-order valence-electron chi connectivity index (χ4n) is 5.69. The van der Waals surface area contributed by atoms with Gasteiger partial charge in [0.1, 0.15) is 0 Å². The number of aromatic hydroxyl groups is 1. The minimum atomic E-state index is -0.0954. The van der Waals surface area contributed by atoms with Crippen LogP contribution in [-0.4, -0.2) is 65.7 Å². The number of hydrogen-bond acceptors (Lipinski definition) is 6. The molecule has 0 radical (unpaired) electrons. The number of piperidine rings is 1. The van der Waals surface area contributed by atoms with E-state index in [0.29, 0.717) is 24.4 Å². The van der Waals surface area contributed by atoms with Crippen molar-refractivity contribution in [1.29, 1.82) is 0 Å². The Morgan fingerprint density at radius 2 is 1.80 bits per heavy atom. The van der Waals surface area contributed by atoms with Crippen LogP contribution in [0.5, 0.6) is 11.5 Å². The quantitative estimate of drug-likeness (QED) is 0.374. The molecule has 0 aliphatic carbocycles. The molecule has 8 nitrogen and oxygen atoms in total. The van der Waals surface area contributed by atoms with Crippen LogP contribution >= 0.6 is 0 Å². The molecule has 1 fully saturated rings. The minimum absolute atomic E-state index is 0.0125. The summed E-state index contributed by atoms with van der Waals surface area (Å²) in [4.78, 5) is 35.0. The van der Waals surface area contributed by atoms with E-state index in [1.165, 1.54) is 0 Å². The highest BCUT2D eigenvalue weighted by Gasteiger charge is 2.31. The lowest BCUT2D eigenvalue weighted by molar-refractivity contribution is -0.140. The normalized spacial score (nSPS) is 17.5. The Morgan fingerprint density at radius 3 is 2.41 bits per heavy atom. The molecule has 8 heteroatoms. The van der Waals surface area contributed by atoms with Gasteiger partial charge in [-0.3, -0.25) is 19.5 Å². The molecule has 1 unspecified atom stereocenters. The lowest BCUT2D eigenvalue weighted by Crippen LogP contribution is -2.48. The summed E-state index contributed by atoms with van der Waals surface area (Å²) in [6.07, 6.45) is 10.0. The van der Waals surface area contributed by atoms with Crippen molar-refractivity contribution in [3.8, 4) is 11.5 Å². The fraction of sp³-hybridized carbons (Fsp3) is 0.485. The van der Waals surface area contributed by atoms with Crippen molar-refractivity contribution in [3.63, 3.8) is 0 Å². The Bertz CT molecular complexity index is 1210. The van der Waals surface area contributed by atoms with Crippen LogP contribution in [0.2, 0.25) is 0 Å². The summed E-state index contributed by atoms with van der Waals surface area (Å²) in [7, 11) is 1.55. The van der Waals surface area contributed by atoms with Gasteiger partial charge in [0.25, 0.3) is 5.91 Å². The molecule has 0 saturated carbocycles. The highest BCUT2D eigenvalue weighted by Crippen LogP contribution is 2.28. The van der Waals surface area contributed by atoms with Gasteiger partial charge in [0.05, 0.1) is 7.11 Å². The number of phenols is 1. The van der Waals surface area contributed by atoms with Gasteiger partial charge < -0.3 is 20.1 Å². The highest BCUT2D eigenvalue weighted by atomic mass is 16.5. The summed E-state index contributed by atoms with van der Waals surface area (Å²) in [6, 6.07) is 13.4. The van der Waals surface area contributed by atoms with Crippen LogP contribution in [0.4, 0.5) is 0 Å². The van der Waals surface area contributed by atoms with Gasteiger partial charge in [0.2, 0.25) is 5.91 Å². The standard InChI is InChI=1S/C33H44N4O4/c1-4-27(5-2)33(40)37(29-14-17-36(18-15-29)22-25-10-13-31(41-3)30(38)19-25)23-24-8-11-28(12-9-24)32(39)35-21-26-7-6-16-34-20-26/h6,8-13,16,19-20,26-27,29,38H,4-5,7,14-15,17-18,21-23H2,1-3H3,(H,35,39). The Kier molecular flexibility index (Phi) is 11.0. The molecule has 0 bridgehead atoms. The van der Waals surface area contributed by atoms with Gasteiger partial charge in [-0.1, -0.05) is 38.1 Å². The van der Waals surface area contributed by atoms with Gasteiger partial charge in [0.15, 0.2) is 11.5 Å². The number of aliphatic imine (C=N–C) groups is 1. The molecule has 0 aromatic heterocycles. The molecule has 2 aliphatic rings. The molecule has 41 heavy (non-hydrogen) atoms. The topological polar surface area (TPSA) is 94.5 Å². The number of phenolic OH excluding ortho intramolecular Hbond substituents is 1. The number of ether oxygens (including phenoxy) is 1. The van der Waals surface area contributed by atoms with E-state index in [1.54, 1.807) is 25.4 Å². The van der Waals surface area contributed by atoms with Crippen LogP contribution in [0.15, 0.2) is 59.7 Å². The monoisotopic (exact) mass is 560 g/mol. The lowest BCUT2D eigenvalue weighted by atomic mass is 9.96. The second-order valence-corrected chi connectivity index (χ2v) is 11.1. The van der Waals surface area contributed by atoms with E-state index in [1.807, 2.05) is 42.6 Å². The number of rotatable bonds is 12. The predicted octanol–water partition coefficient (Wildman–Crippen LogP) is 5.16. The number of nitrogens with zero attached hydrogens (tertiary/aromatic N) is 3. The molecule has 2 heterocycles. The number of methoxy groups -OCH3 is 1. The van der Waals surface area contributed by atoms with Crippen molar-refractivity contribution in [2.45, 2.75) is 65.1 Å². The number of carbonyl (C=O) groups is 2. The maximum absolute atomic E-state index is 13.7. The molecule has 2 aliphatic heterocycles. The van der Waals surface area contributed by atoms with E-state index in [4.69, 9.17) is 4.74 Å². The zero-order valence-corrected chi connectivity index (χ0v) is 24.6. The maximum Gasteiger partial charge on any atom is 0.251 e. The van der Waals surface area contributed by atoms with Crippen molar-refractivity contribution >= 4 is 18.0 Å². The van der Waals surface area contributed by atoms with Crippen molar-refractivity contribution in [2.24, 2.45) is 16.8 Å². The van der Waals surface area contributed by atoms with E-state index in [9.17, 15) is 14.7 Å². The van der Waals surface area contributed by atoms with E-state index >= 15 is 0 Å². The first-order chi connectivity index (χ1) is 19.9. The number of hydrogen-bond donors (Lipinski definition) is 2. The summed E-state index contributed by atoms with van der Waals surface area (Å²) in [5, 5.41) is 13.2. The lowest BCUT2D eigenvalue weighted by Gasteiger charge is -2.40. The van der Waals surface area contributed by atoms with Crippen LogP contribution in [0, 0.1) is 11.8 Å². The zero-order valence-electron chi connectivity index (χ0n) is 24.6. The molecule has 2 aromatic rings. The van der Waals surface area contributed by atoms with Gasteiger partial charge in [-0.15, -0.1) is 0 Å². The summed E-state index contributed by atoms with van der Waals surface area (Å²) in [6.45, 7) is 7.78. The van der Waals surface area contributed by atoms with Crippen molar-refractivity contribution < 1.29 is 19.4 Å². The minimum Gasteiger partial charge on any atom is -0.504 e. The van der Waals surface area contributed by atoms with Gasteiger partial charge in [0, 0.05) is 68.6 Å². The first-order valence-electron chi connectivity index (χ1n) is 14.9. The molecule has 1 atom stereocenters. The predicted molar refractivity (Wildman–Crippen MR) is 162 cm³/mol. The Morgan fingerprint density at radius 1 is 1.10 bits per heavy atom. The Labute approximate surface area is 244 Å². The molecule has 2 N–H and O–H groups in total. The van der Waals surface area contributed by atoms with Gasteiger partial charge >= 0.3 is 0 Å². The van der Waals surface area contributed by atoms with E-state index in [2.05, 4.69) is 34.0 Å². The zero-order chi connectivity index (χ0) is 29.2. The number of carbonyl (C=O) groups excluding carboxylic acids is 2. The third-order valence-electron chi connectivity index (χ3n) is 8.29. The molecule has 2 amide bonds. The van der Waals surface area contributed by atoms with Crippen molar-refractivity contribution in [1.82, 2.24) is 15.1 Å². The molecular formula is C33H44N4O4. The SMILES string of the molecule is CCC(CC)C(=O)N(Cc1ccc(C(=O)NCC2C=NC=CC2)cc1)C1CCN(Cc2ccc(OC)c(O)c2)CC1. The van der Waals surface area contributed by atoms with E-state index in [-0.39, 0.29) is 35.4 Å².